The van der Waals surface area contributed by atoms with E-state index in [0.29, 0.717) is 5.75 Å². The first kappa shape index (κ1) is 29.8. The topological polar surface area (TPSA) is 165 Å². The number of nitrogens with one attached hydrogen (secondary N) is 1. The summed E-state index contributed by atoms with van der Waals surface area (Å²) in [6.07, 6.45) is 0.956. The number of nitro groups is 1. The summed E-state index contributed by atoms with van der Waals surface area (Å²) < 4.78 is 62.3. The third-order valence-corrected chi connectivity index (χ3v) is 8.21. The Morgan fingerprint density at radius 1 is 1.11 bits per heavy atom. The molecule has 0 saturated heterocycles. The Balaban J connectivity index is 2.15. The van der Waals surface area contributed by atoms with Gasteiger partial charge in [-0.1, -0.05) is 6.92 Å². The Kier molecular flexibility index (Phi) is 9.83. The third-order valence-electron chi connectivity index (χ3n) is 5.21. The van der Waals surface area contributed by atoms with Gasteiger partial charge in [0.1, 0.15) is 29.8 Å². The van der Waals surface area contributed by atoms with E-state index in [-0.39, 0.29) is 41.6 Å². The average molecular weight is 559 g/mol. The maximum absolute atomic E-state index is 13.0. The molecule has 0 aliphatic rings. The van der Waals surface area contributed by atoms with Gasteiger partial charge < -0.3 is 14.8 Å². The van der Waals surface area contributed by atoms with E-state index in [1.807, 2.05) is 0 Å². The lowest BCUT2D eigenvalue weighted by molar-refractivity contribution is -0.384. The predicted octanol–water partition coefficient (Wildman–Crippen LogP) is 1.59. The molecule has 1 unspecified atom stereocenters. The van der Waals surface area contributed by atoms with Crippen LogP contribution in [0.5, 0.6) is 11.5 Å². The number of rotatable bonds is 13. The second-order valence-corrected chi connectivity index (χ2v) is 12.0. The molecule has 204 valence electrons. The van der Waals surface area contributed by atoms with E-state index in [1.54, 1.807) is 6.92 Å². The summed E-state index contributed by atoms with van der Waals surface area (Å²) in [5.41, 5.74) is -0.497. The van der Waals surface area contributed by atoms with Crippen molar-refractivity contribution in [2.24, 2.45) is 0 Å². The maximum Gasteiger partial charge on any atom is 0.271 e. The Morgan fingerprint density at radius 3 is 2.22 bits per heavy atom. The van der Waals surface area contributed by atoms with Crippen LogP contribution in [0.4, 0.5) is 11.4 Å². The van der Waals surface area contributed by atoms with E-state index < -0.39 is 36.9 Å². The van der Waals surface area contributed by atoms with Crippen LogP contribution in [0.3, 0.4) is 0 Å². The highest BCUT2D eigenvalue weighted by atomic mass is 32.2. The van der Waals surface area contributed by atoms with Crippen molar-refractivity contribution < 1.29 is 36.0 Å². The van der Waals surface area contributed by atoms with E-state index >= 15 is 0 Å². The molecular weight excluding hydrogens is 528 g/mol. The quantitative estimate of drug-likeness (QED) is 0.218. The number of nitro benzene ring substituents is 1. The van der Waals surface area contributed by atoms with Crippen molar-refractivity contribution in [3.05, 3.63) is 52.6 Å². The van der Waals surface area contributed by atoms with Gasteiger partial charge in [0.05, 0.1) is 29.7 Å². The Bertz CT molecular complexity index is 1330. The SMILES string of the molecule is CCC(C(=O)NCCOc1ccc(S(=O)(=O)N(C)C)cc1)N(c1cc([N+](=O)[O-])ccc1OC)S(C)(=O)=O. The molecule has 2 rings (SSSR count). The van der Waals surface area contributed by atoms with Crippen LogP contribution in [-0.4, -0.2) is 78.6 Å². The van der Waals surface area contributed by atoms with E-state index in [0.717, 1.165) is 20.9 Å². The molecule has 13 nitrogen and oxygen atoms in total. The lowest BCUT2D eigenvalue weighted by atomic mass is 10.1. The molecule has 0 spiro atoms. The normalized spacial score (nSPS) is 12.6. The number of methoxy groups -OCH3 is 1. The van der Waals surface area contributed by atoms with Gasteiger partial charge in [0, 0.05) is 26.2 Å². The van der Waals surface area contributed by atoms with Gasteiger partial charge in [-0.15, -0.1) is 0 Å². The molecule has 0 aromatic heterocycles. The molecule has 1 amide bonds. The number of ether oxygens (including phenoxy) is 2. The fourth-order valence-electron chi connectivity index (χ4n) is 3.38. The molecule has 0 fully saturated rings. The number of nitrogens with zero attached hydrogens (tertiary/aromatic N) is 3. The largest absolute Gasteiger partial charge is 0.495 e. The fourth-order valence-corrected chi connectivity index (χ4v) is 5.49. The van der Waals surface area contributed by atoms with Gasteiger partial charge >= 0.3 is 0 Å². The van der Waals surface area contributed by atoms with Crippen molar-refractivity contribution in [2.45, 2.75) is 24.3 Å². The zero-order valence-corrected chi connectivity index (χ0v) is 22.7. The highest BCUT2D eigenvalue weighted by Crippen LogP contribution is 2.35. The van der Waals surface area contributed by atoms with Crippen molar-refractivity contribution >= 4 is 37.3 Å². The number of sulfonamides is 2. The van der Waals surface area contributed by atoms with Gasteiger partial charge in [0.25, 0.3) is 5.69 Å². The Hall–Kier alpha value is -3.43. The highest BCUT2D eigenvalue weighted by Gasteiger charge is 2.34. The van der Waals surface area contributed by atoms with Crippen LogP contribution in [0.15, 0.2) is 47.4 Å². The van der Waals surface area contributed by atoms with Gasteiger partial charge in [-0.25, -0.2) is 21.1 Å². The maximum atomic E-state index is 13.0. The zero-order valence-electron chi connectivity index (χ0n) is 21.1. The molecule has 0 bridgehead atoms. The number of benzene rings is 2. The number of hydrogen-bond acceptors (Lipinski definition) is 9. The molecule has 1 atom stereocenters. The highest BCUT2D eigenvalue weighted by molar-refractivity contribution is 7.92. The third kappa shape index (κ3) is 7.30. The van der Waals surface area contributed by atoms with Gasteiger partial charge in [0.15, 0.2) is 0 Å². The molecule has 37 heavy (non-hydrogen) atoms. The number of non-ortho nitro benzene ring substituents is 1. The van der Waals surface area contributed by atoms with E-state index in [2.05, 4.69) is 5.32 Å². The molecule has 1 N–H and O–H groups in total. The lowest BCUT2D eigenvalue weighted by Gasteiger charge is -2.30. The van der Waals surface area contributed by atoms with E-state index in [1.165, 1.54) is 57.6 Å². The van der Waals surface area contributed by atoms with Crippen molar-refractivity contribution in [3.8, 4) is 11.5 Å². The number of carbonyl (C=O) groups excluding carboxylic acids is 1. The monoisotopic (exact) mass is 558 g/mol. The number of amides is 1. The van der Waals surface area contributed by atoms with Crippen LogP contribution in [0.2, 0.25) is 0 Å². The van der Waals surface area contributed by atoms with Crippen LogP contribution in [0.1, 0.15) is 13.3 Å². The minimum absolute atomic E-state index is 0.0107. The van der Waals surface area contributed by atoms with Crippen molar-refractivity contribution in [2.75, 3.05) is 44.9 Å². The standard InChI is InChI=1S/C22H30N4O9S2/c1-6-19(25(36(5,30)31)20-15-16(26(28)29)7-12-21(20)34-4)22(27)23-13-14-35-17-8-10-18(11-9-17)37(32,33)24(2)3/h7-12,15,19H,6,13-14H2,1-5H3,(H,23,27). The molecule has 2 aromatic rings. The van der Waals surface area contributed by atoms with Gasteiger partial charge in [-0.05, 0) is 36.8 Å². The van der Waals surface area contributed by atoms with Crippen molar-refractivity contribution in [3.63, 3.8) is 0 Å². The summed E-state index contributed by atoms with van der Waals surface area (Å²) in [7, 11) is -3.51. The molecule has 0 saturated carbocycles. The average Bonchev–Trinajstić information content (AvgIpc) is 2.83. The molecule has 15 heteroatoms. The minimum Gasteiger partial charge on any atom is -0.495 e. The first-order valence-corrected chi connectivity index (χ1v) is 14.3. The van der Waals surface area contributed by atoms with Crippen LogP contribution in [0.25, 0.3) is 0 Å². The van der Waals surface area contributed by atoms with Crippen molar-refractivity contribution in [1.29, 1.82) is 0 Å². The number of hydrogen-bond donors (Lipinski definition) is 1. The Labute approximate surface area is 216 Å². The summed E-state index contributed by atoms with van der Waals surface area (Å²) in [6, 6.07) is 8.00. The molecule has 0 radical (unpaired) electrons. The zero-order chi connectivity index (χ0) is 28.0. The molecular formula is C22H30N4O9S2. The summed E-state index contributed by atoms with van der Waals surface area (Å²) in [6.45, 7) is 1.63. The minimum atomic E-state index is -4.06. The summed E-state index contributed by atoms with van der Waals surface area (Å²) in [5, 5.41) is 13.9. The predicted molar refractivity (Wildman–Crippen MR) is 137 cm³/mol. The van der Waals surface area contributed by atoms with Crippen LogP contribution in [-0.2, 0) is 24.8 Å². The van der Waals surface area contributed by atoms with Gasteiger partial charge in [-0.2, -0.15) is 0 Å². The summed E-state index contributed by atoms with van der Waals surface area (Å²) in [5.74, 6) is -0.221. The Morgan fingerprint density at radius 2 is 1.73 bits per heavy atom. The first-order chi connectivity index (χ1) is 17.2. The summed E-state index contributed by atoms with van der Waals surface area (Å²) >= 11 is 0. The van der Waals surface area contributed by atoms with Gasteiger partial charge in [0.2, 0.25) is 26.0 Å². The van der Waals surface area contributed by atoms with Crippen molar-refractivity contribution in [1.82, 2.24) is 9.62 Å². The lowest BCUT2D eigenvalue weighted by Crippen LogP contribution is -2.50. The summed E-state index contributed by atoms with van der Waals surface area (Å²) in [4.78, 5) is 23.6. The smallest absolute Gasteiger partial charge is 0.271 e. The molecule has 2 aromatic carbocycles. The van der Waals surface area contributed by atoms with E-state index in [9.17, 15) is 31.7 Å². The fraction of sp³-hybridized carbons (Fsp3) is 0.409. The second-order valence-electron chi connectivity index (χ2n) is 7.99. The number of anilines is 1. The molecule has 0 heterocycles. The van der Waals surface area contributed by atoms with Crippen LogP contribution >= 0.6 is 0 Å². The second kappa shape index (κ2) is 12.2. The molecule has 0 aliphatic heterocycles. The molecule has 0 aliphatic carbocycles. The van der Waals surface area contributed by atoms with Crippen LogP contribution < -0.4 is 19.1 Å². The van der Waals surface area contributed by atoms with Gasteiger partial charge in [-0.3, -0.25) is 19.2 Å². The van der Waals surface area contributed by atoms with Crippen LogP contribution in [0, 0.1) is 10.1 Å². The first-order valence-electron chi connectivity index (χ1n) is 11.0. The van der Waals surface area contributed by atoms with E-state index in [4.69, 9.17) is 9.47 Å². The number of carbonyl (C=O) groups is 1.